The molecule has 1 atom stereocenters. The summed E-state index contributed by atoms with van der Waals surface area (Å²) in [6.07, 6.45) is 0. The van der Waals surface area contributed by atoms with Crippen LogP contribution in [0.15, 0.2) is 41.3 Å². The van der Waals surface area contributed by atoms with E-state index in [1.54, 1.807) is 24.3 Å². The first-order chi connectivity index (χ1) is 13.6. The van der Waals surface area contributed by atoms with Crippen molar-refractivity contribution < 1.29 is 22.7 Å². The summed E-state index contributed by atoms with van der Waals surface area (Å²) >= 11 is 0. The maximum absolute atomic E-state index is 12.9. The Morgan fingerprint density at radius 3 is 2.17 bits per heavy atom. The Kier molecular flexibility index (Phi) is 7.26. The van der Waals surface area contributed by atoms with Crippen molar-refractivity contribution in [2.45, 2.75) is 44.6 Å². The van der Waals surface area contributed by atoms with Crippen molar-refractivity contribution in [1.82, 2.24) is 4.72 Å². The van der Waals surface area contributed by atoms with Gasteiger partial charge in [0.2, 0.25) is 15.9 Å². The fraction of sp³-hybridized carbons (Fsp3) is 0.381. The lowest BCUT2D eigenvalue weighted by atomic mass is 10.0. The minimum atomic E-state index is -3.99. The second kappa shape index (κ2) is 9.28. The SMILES string of the molecule is COc1ccc(C)cc1NC(=O)C(C)NS(=O)(=O)c1cc(C(C)C)ccc1OC. The Morgan fingerprint density at radius 1 is 0.966 bits per heavy atom. The van der Waals surface area contributed by atoms with Gasteiger partial charge in [0.05, 0.1) is 25.9 Å². The average molecular weight is 421 g/mol. The molecule has 0 saturated carbocycles. The molecule has 2 N–H and O–H groups in total. The number of hydrogen-bond donors (Lipinski definition) is 2. The molecule has 29 heavy (non-hydrogen) atoms. The van der Waals surface area contributed by atoms with E-state index < -0.39 is 22.0 Å². The van der Waals surface area contributed by atoms with E-state index in [1.165, 1.54) is 21.1 Å². The summed E-state index contributed by atoms with van der Waals surface area (Å²) in [4.78, 5) is 12.6. The molecule has 0 heterocycles. The lowest BCUT2D eigenvalue weighted by molar-refractivity contribution is -0.117. The number of carbonyl (C=O) groups is 1. The van der Waals surface area contributed by atoms with Crippen LogP contribution in [-0.2, 0) is 14.8 Å². The number of nitrogens with one attached hydrogen (secondary N) is 2. The van der Waals surface area contributed by atoms with Crippen molar-refractivity contribution in [3.63, 3.8) is 0 Å². The van der Waals surface area contributed by atoms with Crippen LogP contribution in [0.2, 0.25) is 0 Å². The zero-order valence-corrected chi connectivity index (χ0v) is 18.4. The molecule has 0 spiro atoms. The van der Waals surface area contributed by atoms with Crippen LogP contribution in [0.3, 0.4) is 0 Å². The highest BCUT2D eigenvalue weighted by atomic mass is 32.2. The summed E-state index contributed by atoms with van der Waals surface area (Å²) in [5, 5.41) is 2.71. The molecule has 0 fully saturated rings. The molecular formula is C21H28N2O5S. The van der Waals surface area contributed by atoms with Crippen molar-refractivity contribution in [2.75, 3.05) is 19.5 Å². The van der Waals surface area contributed by atoms with Crippen LogP contribution in [-0.4, -0.2) is 34.6 Å². The van der Waals surface area contributed by atoms with E-state index in [4.69, 9.17) is 9.47 Å². The second-order valence-corrected chi connectivity index (χ2v) is 8.78. The molecule has 0 aromatic heterocycles. The fourth-order valence-electron chi connectivity index (χ4n) is 2.77. The Labute approximate surface area is 172 Å². The van der Waals surface area contributed by atoms with Gasteiger partial charge in [-0.25, -0.2) is 8.42 Å². The number of anilines is 1. The number of amides is 1. The molecule has 1 unspecified atom stereocenters. The minimum Gasteiger partial charge on any atom is -0.495 e. The van der Waals surface area contributed by atoms with Gasteiger partial charge in [-0.1, -0.05) is 26.0 Å². The van der Waals surface area contributed by atoms with Gasteiger partial charge < -0.3 is 14.8 Å². The van der Waals surface area contributed by atoms with Crippen molar-refractivity contribution in [3.8, 4) is 11.5 Å². The van der Waals surface area contributed by atoms with E-state index in [-0.39, 0.29) is 16.6 Å². The normalized spacial score (nSPS) is 12.5. The lowest BCUT2D eigenvalue weighted by Crippen LogP contribution is -2.41. The van der Waals surface area contributed by atoms with Gasteiger partial charge in [0, 0.05) is 0 Å². The molecule has 0 aliphatic heterocycles. The fourth-order valence-corrected chi connectivity index (χ4v) is 4.18. The first kappa shape index (κ1) is 22.7. The quantitative estimate of drug-likeness (QED) is 0.682. The van der Waals surface area contributed by atoms with Crippen molar-refractivity contribution in [3.05, 3.63) is 47.5 Å². The average Bonchev–Trinajstić information content (AvgIpc) is 2.67. The third-order valence-corrected chi connectivity index (χ3v) is 6.04. The molecule has 2 aromatic carbocycles. The van der Waals surface area contributed by atoms with Gasteiger partial charge in [0.25, 0.3) is 0 Å². The summed E-state index contributed by atoms with van der Waals surface area (Å²) in [5.41, 5.74) is 2.26. The topological polar surface area (TPSA) is 93.7 Å². The number of methoxy groups -OCH3 is 2. The van der Waals surface area contributed by atoms with Crippen molar-refractivity contribution >= 4 is 21.6 Å². The number of sulfonamides is 1. The molecule has 0 aliphatic carbocycles. The van der Waals surface area contributed by atoms with Crippen LogP contribution in [0.5, 0.6) is 11.5 Å². The van der Waals surface area contributed by atoms with Gasteiger partial charge in [0.1, 0.15) is 16.4 Å². The Bertz CT molecular complexity index is 987. The third-order valence-electron chi connectivity index (χ3n) is 4.48. The molecule has 7 nitrogen and oxygen atoms in total. The van der Waals surface area contributed by atoms with E-state index in [0.717, 1.165) is 11.1 Å². The zero-order chi connectivity index (χ0) is 21.8. The first-order valence-corrected chi connectivity index (χ1v) is 10.7. The second-order valence-electron chi connectivity index (χ2n) is 7.10. The molecule has 0 aliphatic rings. The highest BCUT2D eigenvalue weighted by Gasteiger charge is 2.26. The van der Waals surface area contributed by atoms with Gasteiger partial charge in [0.15, 0.2) is 0 Å². The van der Waals surface area contributed by atoms with Gasteiger partial charge in [-0.05, 0) is 55.2 Å². The maximum Gasteiger partial charge on any atom is 0.244 e. The number of benzene rings is 2. The Balaban J connectivity index is 2.25. The van der Waals surface area contributed by atoms with E-state index in [2.05, 4.69) is 10.0 Å². The first-order valence-electron chi connectivity index (χ1n) is 9.24. The summed E-state index contributed by atoms with van der Waals surface area (Å²) in [6.45, 7) is 7.30. The molecule has 2 aromatic rings. The Hall–Kier alpha value is -2.58. The molecule has 0 saturated heterocycles. The maximum atomic E-state index is 12.9. The summed E-state index contributed by atoms with van der Waals surface area (Å²) < 4.78 is 38.8. The number of rotatable bonds is 8. The van der Waals surface area contributed by atoms with E-state index in [0.29, 0.717) is 11.4 Å². The van der Waals surface area contributed by atoms with Crippen LogP contribution in [0.4, 0.5) is 5.69 Å². The van der Waals surface area contributed by atoms with Crippen molar-refractivity contribution in [1.29, 1.82) is 0 Å². The number of carbonyl (C=O) groups excluding carboxylic acids is 1. The van der Waals surface area contributed by atoms with E-state index >= 15 is 0 Å². The molecule has 158 valence electrons. The van der Waals surface area contributed by atoms with Crippen LogP contribution < -0.4 is 19.5 Å². The van der Waals surface area contributed by atoms with Crippen LogP contribution in [0.1, 0.15) is 37.8 Å². The van der Waals surface area contributed by atoms with E-state index in [1.807, 2.05) is 32.9 Å². The largest absolute Gasteiger partial charge is 0.495 e. The minimum absolute atomic E-state index is 0.000939. The molecular weight excluding hydrogens is 392 g/mol. The van der Waals surface area contributed by atoms with Gasteiger partial charge in [-0.15, -0.1) is 0 Å². The summed E-state index contributed by atoms with van der Waals surface area (Å²) in [7, 11) is -1.08. The number of hydrogen-bond acceptors (Lipinski definition) is 5. The smallest absolute Gasteiger partial charge is 0.244 e. The highest BCUT2D eigenvalue weighted by Crippen LogP contribution is 2.28. The zero-order valence-electron chi connectivity index (χ0n) is 17.6. The third kappa shape index (κ3) is 5.48. The molecule has 1 amide bonds. The number of aryl methyl sites for hydroxylation is 1. The molecule has 2 rings (SSSR count). The van der Waals surface area contributed by atoms with Crippen LogP contribution in [0, 0.1) is 6.92 Å². The molecule has 0 bridgehead atoms. The highest BCUT2D eigenvalue weighted by molar-refractivity contribution is 7.89. The molecule has 8 heteroatoms. The van der Waals surface area contributed by atoms with Crippen molar-refractivity contribution in [2.24, 2.45) is 0 Å². The van der Waals surface area contributed by atoms with Crippen LogP contribution in [0.25, 0.3) is 0 Å². The van der Waals surface area contributed by atoms with E-state index in [9.17, 15) is 13.2 Å². The van der Waals surface area contributed by atoms with Gasteiger partial charge in [-0.2, -0.15) is 4.72 Å². The van der Waals surface area contributed by atoms with Crippen LogP contribution >= 0.6 is 0 Å². The monoisotopic (exact) mass is 420 g/mol. The summed E-state index contributed by atoms with van der Waals surface area (Å²) in [6, 6.07) is 9.34. The number of ether oxygens (including phenoxy) is 2. The predicted molar refractivity (Wildman–Crippen MR) is 113 cm³/mol. The standard InChI is InChI=1S/C21H28N2O5S/c1-13(2)16-8-10-19(28-6)20(12-16)29(25,26)23-15(4)21(24)22-17-11-14(3)7-9-18(17)27-5/h7-13,15,23H,1-6H3,(H,22,24). The molecule has 0 radical (unpaired) electrons. The Morgan fingerprint density at radius 2 is 1.59 bits per heavy atom. The lowest BCUT2D eigenvalue weighted by Gasteiger charge is -2.18. The predicted octanol–water partition coefficient (Wildman–Crippen LogP) is 3.44. The van der Waals surface area contributed by atoms with Gasteiger partial charge >= 0.3 is 0 Å². The summed E-state index contributed by atoms with van der Waals surface area (Å²) in [5.74, 6) is 0.348. The van der Waals surface area contributed by atoms with Gasteiger partial charge in [-0.3, -0.25) is 4.79 Å².